The van der Waals surface area contributed by atoms with Gasteiger partial charge in [-0.1, -0.05) is 13.0 Å². The largest absolute Gasteiger partial charge is 0.245 e. The normalized spacial score (nSPS) is 21.6. The van der Waals surface area contributed by atoms with Crippen molar-refractivity contribution >= 4 is 21.6 Å². The molecule has 1 heterocycles. The summed E-state index contributed by atoms with van der Waals surface area (Å²) in [6.07, 6.45) is 2.64. The Labute approximate surface area is 124 Å². The predicted octanol–water partition coefficient (Wildman–Crippen LogP) is 3.38. The Kier molecular flexibility index (Phi) is 5.04. The van der Waals surface area contributed by atoms with Gasteiger partial charge in [-0.15, -0.1) is 11.6 Å². The number of rotatable bonds is 3. The first-order valence-electron chi connectivity index (χ1n) is 6.79. The molecule has 0 amide bonds. The van der Waals surface area contributed by atoms with Gasteiger partial charge in [0.05, 0.1) is 0 Å². The molecule has 1 aliphatic heterocycles. The van der Waals surface area contributed by atoms with Gasteiger partial charge in [-0.3, -0.25) is 0 Å². The van der Waals surface area contributed by atoms with E-state index in [0.717, 1.165) is 19.3 Å². The molecule has 0 N–H and O–H groups in total. The Morgan fingerprint density at radius 1 is 1.35 bits per heavy atom. The zero-order valence-electron chi connectivity index (χ0n) is 11.5. The van der Waals surface area contributed by atoms with Crippen LogP contribution in [0, 0.1) is 11.7 Å². The third kappa shape index (κ3) is 3.32. The molecule has 6 heteroatoms. The molecule has 0 aromatic heterocycles. The van der Waals surface area contributed by atoms with Gasteiger partial charge in [0.15, 0.2) is 0 Å². The van der Waals surface area contributed by atoms with Gasteiger partial charge < -0.3 is 0 Å². The van der Waals surface area contributed by atoms with Crippen LogP contribution in [0.4, 0.5) is 4.39 Å². The number of nitrogens with zero attached hydrogens (tertiary/aromatic N) is 1. The minimum atomic E-state index is -3.77. The summed E-state index contributed by atoms with van der Waals surface area (Å²) in [7, 11) is -3.77. The van der Waals surface area contributed by atoms with Crippen molar-refractivity contribution in [2.24, 2.45) is 5.92 Å². The zero-order valence-corrected chi connectivity index (χ0v) is 13.1. The quantitative estimate of drug-likeness (QED) is 0.801. The van der Waals surface area contributed by atoms with E-state index in [4.69, 9.17) is 11.6 Å². The van der Waals surface area contributed by atoms with E-state index in [2.05, 4.69) is 6.92 Å². The van der Waals surface area contributed by atoms with Crippen LogP contribution in [0.3, 0.4) is 0 Å². The lowest BCUT2D eigenvalue weighted by Crippen LogP contribution is -2.32. The summed E-state index contributed by atoms with van der Waals surface area (Å²) in [5, 5.41) is 0. The highest BCUT2D eigenvalue weighted by Crippen LogP contribution is 2.25. The van der Waals surface area contributed by atoms with Gasteiger partial charge in [0, 0.05) is 19.0 Å². The number of hydrogen-bond acceptors (Lipinski definition) is 2. The summed E-state index contributed by atoms with van der Waals surface area (Å²) < 4.78 is 40.4. The van der Waals surface area contributed by atoms with Crippen molar-refractivity contribution in [3.05, 3.63) is 29.6 Å². The van der Waals surface area contributed by atoms with Gasteiger partial charge in [0.2, 0.25) is 10.0 Å². The Morgan fingerprint density at radius 3 is 2.80 bits per heavy atom. The maximum Gasteiger partial charge on any atom is 0.245 e. The van der Waals surface area contributed by atoms with E-state index in [1.807, 2.05) is 0 Å². The lowest BCUT2D eigenvalue weighted by molar-refractivity contribution is 0.413. The average Bonchev–Trinajstić information content (AvgIpc) is 2.64. The third-order valence-electron chi connectivity index (χ3n) is 3.74. The summed E-state index contributed by atoms with van der Waals surface area (Å²) in [4.78, 5) is -0.259. The van der Waals surface area contributed by atoms with Crippen LogP contribution in [-0.2, 0) is 15.9 Å². The molecule has 1 aliphatic rings. The molecule has 1 saturated heterocycles. The van der Waals surface area contributed by atoms with Crippen LogP contribution in [0.5, 0.6) is 0 Å². The molecule has 0 saturated carbocycles. The Balaban J connectivity index is 2.34. The van der Waals surface area contributed by atoms with Crippen molar-refractivity contribution in [3.63, 3.8) is 0 Å². The van der Waals surface area contributed by atoms with Crippen LogP contribution in [-0.4, -0.2) is 25.8 Å². The van der Waals surface area contributed by atoms with Crippen molar-refractivity contribution in [3.8, 4) is 0 Å². The third-order valence-corrected chi connectivity index (χ3v) is 5.97. The minimum Gasteiger partial charge on any atom is -0.207 e. The van der Waals surface area contributed by atoms with Crippen LogP contribution in [0.25, 0.3) is 0 Å². The summed E-state index contributed by atoms with van der Waals surface area (Å²) in [6, 6.07) is 4.02. The van der Waals surface area contributed by atoms with Crippen molar-refractivity contribution in [1.82, 2.24) is 4.31 Å². The maximum absolute atomic E-state index is 13.9. The van der Waals surface area contributed by atoms with Crippen LogP contribution in [0.15, 0.2) is 23.1 Å². The topological polar surface area (TPSA) is 37.4 Å². The fourth-order valence-electron chi connectivity index (χ4n) is 2.44. The Bertz CT molecular complexity index is 577. The maximum atomic E-state index is 13.9. The van der Waals surface area contributed by atoms with Gasteiger partial charge in [0.1, 0.15) is 10.7 Å². The second kappa shape index (κ2) is 6.41. The second-order valence-electron chi connectivity index (χ2n) is 5.34. The number of hydrogen-bond donors (Lipinski definition) is 0. The molecule has 1 aromatic carbocycles. The van der Waals surface area contributed by atoms with Crippen molar-refractivity contribution in [2.45, 2.75) is 37.0 Å². The Hall–Kier alpha value is -0.650. The van der Waals surface area contributed by atoms with Crippen molar-refractivity contribution in [2.75, 3.05) is 13.1 Å². The van der Waals surface area contributed by atoms with Gasteiger partial charge in [-0.2, -0.15) is 4.31 Å². The van der Waals surface area contributed by atoms with Crippen LogP contribution in [0.2, 0.25) is 0 Å². The second-order valence-corrected chi connectivity index (χ2v) is 7.51. The molecule has 3 nitrogen and oxygen atoms in total. The first kappa shape index (κ1) is 15.7. The first-order valence-corrected chi connectivity index (χ1v) is 8.77. The summed E-state index contributed by atoms with van der Waals surface area (Å²) >= 11 is 5.70. The minimum absolute atomic E-state index is 0.167. The highest BCUT2D eigenvalue weighted by molar-refractivity contribution is 7.89. The smallest absolute Gasteiger partial charge is 0.207 e. The van der Waals surface area contributed by atoms with E-state index < -0.39 is 15.8 Å². The number of alkyl halides is 1. The van der Waals surface area contributed by atoms with Crippen molar-refractivity contribution < 1.29 is 12.8 Å². The number of benzene rings is 1. The van der Waals surface area contributed by atoms with Gasteiger partial charge in [0.25, 0.3) is 0 Å². The molecule has 0 bridgehead atoms. The molecule has 1 atom stereocenters. The highest BCUT2D eigenvalue weighted by atomic mass is 35.5. The average molecular weight is 320 g/mol. The molecule has 2 rings (SSSR count). The predicted molar refractivity (Wildman–Crippen MR) is 77.7 cm³/mol. The van der Waals surface area contributed by atoms with E-state index in [9.17, 15) is 12.8 Å². The molecular formula is C14H19ClFNO2S. The molecule has 20 heavy (non-hydrogen) atoms. The zero-order chi connectivity index (χ0) is 14.8. The standard InChI is InChI=1S/C14H19ClFNO2S/c1-11-3-2-7-17(8-6-11)20(18,19)14-9-12(10-15)4-5-13(14)16/h4-5,9,11H,2-3,6-8,10H2,1H3. The first-order chi connectivity index (χ1) is 9.45. The van der Waals surface area contributed by atoms with Gasteiger partial charge >= 0.3 is 0 Å². The van der Waals surface area contributed by atoms with Crippen LogP contribution < -0.4 is 0 Å². The molecule has 1 aromatic rings. The summed E-state index contributed by atoms with van der Waals surface area (Å²) in [5.41, 5.74) is 0.606. The van der Waals surface area contributed by atoms with Gasteiger partial charge in [-0.05, 0) is 42.9 Å². The molecule has 1 unspecified atom stereocenters. The molecule has 1 fully saturated rings. The van der Waals surface area contributed by atoms with Crippen LogP contribution >= 0.6 is 11.6 Å². The summed E-state index contributed by atoms with van der Waals surface area (Å²) in [5.74, 6) is -0.0368. The van der Waals surface area contributed by atoms with Crippen molar-refractivity contribution in [1.29, 1.82) is 0 Å². The molecule has 0 radical (unpaired) electrons. The number of halogens is 2. The van der Waals surface area contributed by atoms with E-state index in [1.165, 1.54) is 22.5 Å². The highest BCUT2D eigenvalue weighted by Gasteiger charge is 2.29. The van der Waals surface area contributed by atoms with Gasteiger partial charge in [-0.25, -0.2) is 12.8 Å². The van der Waals surface area contributed by atoms with E-state index in [0.29, 0.717) is 24.6 Å². The lowest BCUT2D eigenvalue weighted by atomic mass is 10.0. The fourth-order valence-corrected chi connectivity index (χ4v) is 4.22. The van der Waals surface area contributed by atoms with E-state index in [-0.39, 0.29) is 10.8 Å². The molecule has 0 aliphatic carbocycles. The monoisotopic (exact) mass is 319 g/mol. The van der Waals surface area contributed by atoms with Crippen LogP contribution in [0.1, 0.15) is 31.7 Å². The van der Waals surface area contributed by atoms with E-state index in [1.54, 1.807) is 0 Å². The Morgan fingerprint density at radius 2 is 2.10 bits per heavy atom. The van der Waals surface area contributed by atoms with E-state index >= 15 is 0 Å². The SMILES string of the molecule is CC1CCCN(S(=O)(=O)c2cc(CCl)ccc2F)CC1. The fraction of sp³-hybridized carbons (Fsp3) is 0.571. The molecular weight excluding hydrogens is 301 g/mol. The molecule has 0 spiro atoms. The number of sulfonamides is 1. The lowest BCUT2D eigenvalue weighted by Gasteiger charge is -2.20. The summed E-state index contributed by atoms with van der Waals surface area (Å²) in [6.45, 7) is 3.02. The molecule has 112 valence electrons.